The number of carbonyl (C=O) groups is 1. The Morgan fingerprint density at radius 3 is 2.61 bits per heavy atom. The van der Waals surface area contributed by atoms with Crippen molar-refractivity contribution in [2.75, 3.05) is 14.1 Å². The van der Waals surface area contributed by atoms with Gasteiger partial charge in [0.1, 0.15) is 11.0 Å². The van der Waals surface area contributed by atoms with Gasteiger partial charge in [-0.15, -0.1) is 0 Å². The summed E-state index contributed by atoms with van der Waals surface area (Å²) in [6.45, 7) is 2.14. The largest absolute Gasteiger partial charge is 0.459 e. The third-order valence-electron chi connectivity index (χ3n) is 4.09. The number of nitrogens with zero attached hydrogens (tertiary/aromatic N) is 1. The van der Waals surface area contributed by atoms with Crippen LogP contribution in [0.15, 0.2) is 23.1 Å². The number of hydrogen-bond donors (Lipinski definition) is 0. The molecule has 0 saturated heterocycles. The Bertz CT molecular complexity index is 687. The van der Waals surface area contributed by atoms with Crippen molar-refractivity contribution in [2.24, 2.45) is 5.92 Å². The van der Waals surface area contributed by atoms with E-state index >= 15 is 0 Å². The minimum Gasteiger partial charge on any atom is -0.459 e. The van der Waals surface area contributed by atoms with Crippen molar-refractivity contribution in [3.05, 3.63) is 28.8 Å². The zero-order valence-electron chi connectivity index (χ0n) is 13.6. The van der Waals surface area contributed by atoms with Gasteiger partial charge < -0.3 is 4.74 Å². The number of sulfonamides is 1. The van der Waals surface area contributed by atoms with Crippen LogP contribution in [0.1, 0.15) is 43.0 Å². The number of hydrogen-bond acceptors (Lipinski definition) is 4. The number of carbonyl (C=O) groups excluding carboxylic acids is 1. The normalized spacial score (nSPS) is 22.1. The highest BCUT2D eigenvalue weighted by Crippen LogP contribution is 2.28. The summed E-state index contributed by atoms with van der Waals surface area (Å²) in [4.78, 5) is 12.2. The molecule has 2 unspecified atom stereocenters. The van der Waals surface area contributed by atoms with E-state index in [-0.39, 0.29) is 21.6 Å². The minimum absolute atomic E-state index is 0.0848. The monoisotopic (exact) mass is 359 g/mol. The highest BCUT2D eigenvalue weighted by molar-refractivity contribution is 7.89. The Morgan fingerprint density at radius 1 is 1.30 bits per heavy atom. The Kier molecular flexibility index (Phi) is 5.70. The average Bonchev–Trinajstić information content (AvgIpc) is 2.47. The third kappa shape index (κ3) is 4.25. The van der Waals surface area contributed by atoms with Crippen molar-refractivity contribution in [3.8, 4) is 0 Å². The quantitative estimate of drug-likeness (QED) is 0.773. The summed E-state index contributed by atoms with van der Waals surface area (Å²) >= 11 is 5.98. The first-order valence-electron chi connectivity index (χ1n) is 7.65. The van der Waals surface area contributed by atoms with Gasteiger partial charge in [-0.3, -0.25) is 0 Å². The van der Waals surface area contributed by atoms with Crippen LogP contribution in [-0.4, -0.2) is 38.9 Å². The summed E-state index contributed by atoms with van der Waals surface area (Å²) in [5.74, 6) is 0.0346. The summed E-state index contributed by atoms with van der Waals surface area (Å²) in [7, 11) is -0.878. The molecular weight excluding hydrogens is 338 g/mol. The first-order chi connectivity index (χ1) is 10.7. The van der Waals surface area contributed by atoms with E-state index in [4.69, 9.17) is 16.3 Å². The Labute approximate surface area is 142 Å². The summed E-state index contributed by atoms with van der Waals surface area (Å²) in [5.41, 5.74) is 0.202. The number of esters is 1. The molecular formula is C16H22ClNO4S. The molecule has 128 valence electrons. The van der Waals surface area contributed by atoms with E-state index in [1.807, 2.05) is 0 Å². The lowest BCUT2D eigenvalue weighted by Gasteiger charge is -2.26. The fourth-order valence-corrected chi connectivity index (χ4v) is 4.12. The van der Waals surface area contributed by atoms with Gasteiger partial charge in [-0.1, -0.05) is 24.9 Å². The predicted molar refractivity (Wildman–Crippen MR) is 89.2 cm³/mol. The maximum absolute atomic E-state index is 12.3. The fraction of sp³-hybridized carbons (Fsp3) is 0.562. The van der Waals surface area contributed by atoms with E-state index in [0.29, 0.717) is 5.92 Å². The van der Waals surface area contributed by atoms with Crippen LogP contribution < -0.4 is 0 Å². The van der Waals surface area contributed by atoms with Gasteiger partial charge in [-0.05, 0) is 43.4 Å². The van der Waals surface area contributed by atoms with Gasteiger partial charge in [0.25, 0.3) is 0 Å². The topological polar surface area (TPSA) is 63.7 Å². The molecule has 2 rings (SSSR count). The lowest BCUT2D eigenvalue weighted by Crippen LogP contribution is -2.25. The van der Waals surface area contributed by atoms with Crippen molar-refractivity contribution in [1.82, 2.24) is 4.31 Å². The minimum atomic E-state index is -3.71. The first-order valence-corrected chi connectivity index (χ1v) is 9.46. The lowest BCUT2D eigenvalue weighted by atomic mass is 9.89. The molecule has 1 aromatic rings. The molecule has 0 aliphatic heterocycles. The molecule has 0 bridgehead atoms. The lowest BCUT2D eigenvalue weighted by molar-refractivity contribution is 0.0155. The van der Waals surface area contributed by atoms with Gasteiger partial charge in [-0.25, -0.2) is 17.5 Å². The molecule has 0 heterocycles. The van der Waals surface area contributed by atoms with Gasteiger partial charge in [0.15, 0.2) is 0 Å². The third-order valence-corrected chi connectivity index (χ3v) is 6.38. The van der Waals surface area contributed by atoms with Crippen LogP contribution in [0.4, 0.5) is 0 Å². The molecule has 0 N–H and O–H groups in total. The maximum Gasteiger partial charge on any atom is 0.338 e. The van der Waals surface area contributed by atoms with E-state index in [9.17, 15) is 13.2 Å². The predicted octanol–water partition coefficient (Wildman–Crippen LogP) is 3.33. The van der Waals surface area contributed by atoms with Crippen LogP contribution in [-0.2, 0) is 14.8 Å². The van der Waals surface area contributed by atoms with Gasteiger partial charge in [-0.2, -0.15) is 0 Å². The summed E-state index contributed by atoms with van der Waals surface area (Å²) in [5, 5.41) is 0.0848. The van der Waals surface area contributed by atoms with Gasteiger partial charge >= 0.3 is 5.97 Å². The Morgan fingerprint density at radius 2 is 2.00 bits per heavy atom. The molecule has 7 heteroatoms. The van der Waals surface area contributed by atoms with Crippen molar-refractivity contribution >= 4 is 27.6 Å². The molecule has 0 aromatic heterocycles. The molecule has 1 saturated carbocycles. The van der Waals surface area contributed by atoms with Crippen LogP contribution in [0.2, 0.25) is 5.02 Å². The molecule has 1 aliphatic carbocycles. The van der Waals surface area contributed by atoms with E-state index in [2.05, 4.69) is 6.92 Å². The Hall–Kier alpha value is -1.11. The first kappa shape index (κ1) is 18.2. The van der Waals surface area contributed by atoms with Gasteiger partial charge in [0.05, 0.1) is 10.6 Å². The second-order valence-corrected chi connectivity index (χ2v) is 8.76. The van der Waals surface area contributed by atoms with Crippen molar-refractivity contribution in [1.29, 1.82) is 0 Å². The van der Waals surface area contributed by atoms with E-state index in [1.54, 1.807) is 0 Å². The average molecular weight is 360 g/mol. The fourth-order valence-electron chi connectivity index (χ4n) is 2.73. The molecule has 0 spiro atoms. The number of ether oxygens (including phenoxy) is 1. The molecule has 0 radical (unpaired) electrons. The van der Waals surface area contributed by atoms with E-state index < -0.39 is 16.0 Å². The molecule has 5 nitrogen and oxygen atoms in total. The highest BCUT2D eigenvalue weighted by Gasteiger charge is 2.25. The molecule has 2 atom stereocenters. The maximum atomic E-state index is 12.3. The van der Waals surface area contributed by atoms with Crippen LogP contribution >= 0.6 is 11.6 Å². The molecule has 1 aliphatic rings. The summed E-state index contributed by atoms with van der Waals surface area (Å²) < 4.78 is 31.1. The number of halogens is 1. The highest BCUT2D eigenvalue weighted by atomic mass is 35.5. The smallest absolute Gasteiger partial charge is 0.338 e. The number of rotatable bonds is 4. The Balaban J connectivity index is 2.22. The van der Waals surface area contributed by atoms with Crippen LogP contribution in [0, 0.1) is 5.92 Å². The van der Waals surface area contributed by atoms with Gasteiger partial charge in [0, 0.05) is 14.1 Å². The molecule has 1 aromatic carbocycles. The van der Waals surface area contributed by atoms with Gasteiger partial charge in [0.2, 0.25) is 10.0 Å². The molecule has 0 amide bonds. The van der Waals surface area contributed by atoms with Crippen molar-refractivity contribution in [2.45, 2.75) is 43.6 Å². The van der Waals surface area contributed by atoms with E-state index in [0.717, 1.165) is 30.0 Å². The standard InChI is InChI=1S/C16H22ClNO4S/c1-11-5-4-6-13(9-11)22-16(19)12-7-8-14(17)15(10-12)23(20,21)18(2)3/h7-8,10-11,13H,4-6,9H2,1-3H3. The number of benzene rings is 1. The molecule has 23 heavy (non-hydrogen) atoms. The zero-order valence-corrected chi connectivity index (χ0v) is 15.2. The van der Waals surface area contributed by atoms with Crippen molar-refractivity contribution < 1.29 is 17.9 Å². The van der Waals surface area contributed by atoms with Crippen LogP contribution in [0.5, 0.6) is 0 Å². The van der Waals surface area contributed by atoms with E-state index in [1.165, 1.54) is 32.3 Å². The zero-order chi connectivity index (χ0) is 17.2. The van der Waals surface area contributed by atoms with Crippen molar-refractivity contribution in [3.63, 3.8) is 0 Å². The SMILES string of the molecule is CC1CCCC(OC(=O)c2ccc(Cl)c(S(=O)(=O)N(C)C)c2)C1. The summed E-state index contributed by atoms with van der Waals surface area (Å²) in [6, 6.07) is 4.19. The molecule has 1 fully saturated rings. The van der Waals surface area contributed by atoms with Crippen LogP contribution in [0.3, 0.4) is 0 Å². The summed E-state index contributed by atoms with van der Waals surface area (Å²) in [6.07, 6.45) is 3.80. The second-order valence-electron chi connectivity index (χ2n) is 6.23. The van der Waals surface area contributed by atoms with Crippen LogP contribution in [0.25, 0.3) is 0 Å². The second kappa shape index (κ2) is 7.20.